The summed E-state index contributed by atoms with van der Waals surface area (Å²) in [4.78, 5) is 11.7. The molecular weight excluding hydrogens is 232 g/mol. The summed E-state index contributed by atoms with van der Waals surface area (Å²) in [5.41, 5.74) is 0. The van der Waals surface area contributed by atoms with E-state index in [9.17, 15) is 4.79 Å². The predicted molar refractivity (Wildman–Crippen MR) is 69.5 cm³/mol. The van der Waals surface area contributed by atoms with Crippen molar-refractivity contribution in [1.82, 2.24) is 10.6 Å². The number of carbonyl (C=O) groups is 1. The molecule has 2 amide bonds. The van der Waals surface area contributed by atoms with Crippen LogP contribution in [0.5, 0.6) is 0 Å². The van der Waals surface area contributed by atoms with Crippen LogP contribution in [-0.4, -0.2) is 25.8 Å². The van der Waals surface area contributed by atoms with Crippen LogP contribution >= 0.6 is 0 Å². The molecule has 0 aliphatic heterocycles. The maximum Gasteiger partial charge on any atom is 0.315 e. The van der Waals surface area contributed by atoms with Gasteiger partial charge >= 0.3 is 6.03 Å². The van der Waals surface area contributed by atoms with E-state index in [-0.39, 0.29) is 18.1 Å². The van der Waals surface area contributed by atoms with Crippen molar-refractivity contribution in [2.24, 2.45) is 0 Å². The van der Waals surface area contributed by atoms with Gasteiger partial charge in [0.25, 0.3) is 0 Å². The number of hydrogen-bond acceptors (Lipinski definition) is 3. The van der Waals surface area contributed by atoms with Gasteiger partial charge in [0.05, 0.1) is 6.61 Å². The van der Waals surface area contributed by atoms with Gasteiger partial charge < -0.3 is 19.8 Å². The molecule has 0 aliphatic rings. The van der Waals surface area contributed by atoms with E-state index >= 15 is 0 Å². The summed E-state index contributed by atoms with van der Waals surface area (Å²) in [6.45, 7) is 6.22. The molecule has 2 N–H and O–H groups in total. The summed E-state index contributed by atoms with van der Waals surface area (Å²) in [5.74, 6) is 1.62. The van der Waals surface area contributed by atoms with Crippen LogP contribution in [0.2, 0.25) is 0 Å². The average molecular weight is 254 g/mol. The third-order valence-electron chi connectivity index (χ3n) is 2.43. The smallest absolute Gasteiger partial charge is 0.315 e. The highest BCUT2D eigenvalue weighted by atomic mass is 16.5. The molecule has 0 spiro atoms. The lowest BCUT2D eigenvalue weighted by atomic mass is 10.2. The average Bonchev–Trinajstić information content (AvgIpc) is 2.75. The van der Waals surface area contributed by atoms with E-state index in [2.05, 4.69) is 10.6 Å². The van der Waals surface area contributed by atoms with Crippen molar-refractivity contribution in [2.75, 3.05) is 13.7 Å². The molecule has 0 aromatic carbocycles. The second-order valence-corrected chi connectivity index (χ2v) is 4.44. The van der Waals surface area contributed by atoms with Crippen LogP contribution in [0.3, 0.4) is 0 Å². The topological polar surface area (TPSA) is 63.5 Å². The zero-order valence-electron chi connectivity index (χ0n) is 11.4. The highest BCUT2D eigenvalue weighted by Crippen LogP contribution is 2.17. The number of nitrogens with one attached hydrogen (secondary N) is 2. The van der Waals surface area contributed by atoms with Crippen molar-refractivity contribution in [3.05, 3.63) is 23.7 Å². The molecule has 0 saturated heterocycles. The summed E-state index contributed by atoms with van der Waals surface area (Å²) >= 11 is 0. The Hall–Kier alpha value is -1.49. The van der Waals surface area contributed by atoms with Gasteiger partial charge in [-0.1, -0.05) is 6.92 Å². The number of rotatable bonds is 6. The van der Waals surface area contributed by atoms with Gasteiger partial charge in [0.15, 0.2) is 0 Å². The van der Waals surface area contributed by atoms with Gasteiger partial charge in [-0.25, -0.2) is 4.79 Å². The van der Waals surface area contributed by atoms with Crippen LogP contribution in [-0.2, 0) is 11.2 Å². The molecule has 1 atom stereocenters. The molecule has 1 rings (SSSR count). The van der Waals surface area contributed by atoms with E-state index in [1.807, 2.05) is 32.9 Å². The SMILES string of the molecule is CCc1ccc(C(COC)NC(=O)NC(C)C)o1. The Kier molecular flexibility index (Phi) is 5.71. The van der Waals surface area contributed by atoms with Gasteiger partial charge in [0, 0.05) is 19.6 Å². The minimum Gasteiger partial charge on any atom is -0.464 e. The first kappa shape index (κ1) is 14.6. The number of amides is 2. The van der Waals surface area contributed by atoms with Crippen molar-refractivity contribution >= 4 is 6.03 Å². The van der Waals surface area contributed by atoms with Crippen molar-refractivity contribution in [3.63, 3.8) is 0 Å². The Labute approximate surface area is 108 Å². The summed E-state index contributed by atoms with van der Waals surface area (Å²) < 4.78 is 10.7. The van der Waals surface area contributed by atoms with E-state index in [4.69, 9.17) is 9.15 Å². The maximum atomic E-state index is 11.7. The fourth-order valence-electron chi connectivity index (χ4n) is 1.60. The first-order valence-corrected chi connectivity index (χ1v) is 6.21. The van der Waals surface area contributed by atoms with Crippen LogP contribution < -0.4 is 10.6 Å². The number of hydrogen-bond donors (Lipinski definition) is 2. The Bertz CT molecular complexity index is 374. The molecule has 1 aromatic heterocycles. The first-order chi connectivity index (χ1) is 8.56. The van der Waals surface area contributed by atoms with Crippen LogP contribution in [0.1, 0.15) is 38.3 Å². The van der Waals surface area contributed by atoms with Gasteiger partial charge in [-0.2, -0.15) is 0 Å². The summed E-state index contributed by atoms with van der Waals surface area (Å²) in [6.07, 6.45) is 0.831. The molecule has 5 nitrogen and oxygen atoms in total. The Morgan fingerprint density at radius 3 is 2.61 bits per heavy atom. The summed E-state index contributed by atoms with van der Waals surface area (Å²) in [5, 5.41) is 5.61. The van der Waals surface area contributed by atoms with Crippen molar-refractivity contribution in [2.45, 2.75) is 39.3 Å². The fraction of sp³-hybridized carbons (Fsp3) is 0.615. The second-order valence-electron chi connectivity index (χ2n) is 4.44. The molecule has 0 fully saturated rings. The van der Waals surface area contributed by atoms with Crippen LogP contribution in [0.15, 0.2) is 16.5 Å². The minimum absolute atomic E-state index is 0.0935. The second kappa shape index (κ2) is 7.06. The van der Waals surface area contributed by atoms with Gasteiger partial charge in [0.1, 0.15) is 17.6 Å². The van der Waals surface area contributed by atoms with E-state index < -0.39 is 0 Å². The number of ether oxygens (including phenoxy) is 1. The monoisotopic (exact) mass is 254 g/mol. The molecule has 1 aromatic rings. The molecule has 0 bridgehead atoms. The van der Waals surface area contributed by atoms with Crippen molar-refractivity contribution < 1.29 is 13.9 Å². The van der Waals surface area contributed by atoms with Gasteiger partial charge in [-0.05, 0) is 26.0 Å². The highest BCUT2D eigenvalue weighted by molar-refractivity contribution is 5.74. The quantitative estimate of drug-likeness (QED) is 0.818. The Morgan fingerprint density at radius 1 is 1.39 bits per heavy atom. The number of urea groups is 1. The lowest BCUT2D eigenvalue weighted by Gasteiger charge is -2.17. The third-order valence-corrected chi connectivity index (χ3v) is 2.43. The van der Waals surface area contributed by atoms with Gasteiger partial charge in [0.2, 0.25) is 0 Å². The minimum atomic E-state index is -0.269. The molecule has 0 aliphatic carbocycles. The molecular formula is C13H22N2O3. The fourth-order valence-corrected chi connectivity index (χ4v) is 1.60. The first-order valence-electron chi connectivity index (χ1n) is 6.21. The number of methoxy groups -OCH3 is 1. The van der Waals surface area contributed by atoms with E-state index in [0.29, 0.717) is 12.4 Å². The van der Waals surface area contributed by atoms with Crippen molar-refractivity contribution in [3.8, 4) is 0 Å². The normalized spacial score (nSPS) is 12.5. The lowest BCUT2D eigenvalue weighted by Crippen LogP contribution is -2.42. The standard InChI is InChI=1S/C13H22N2O3/c1-5-10-6-7-12(18-10)11(8-17-4)15-13(16)14-9(2)3/h6-7,9,11H,5,8H2,1-4H3,(H2,14,15,16). The molecule has 0 saturated carbocycles. The number of furan rings is 1. The van der Waals surface area contributed by atoms with E-state index in [1.165, 1.54) is 0 Å². The zero-order chi connectivity index (χ0) is 13.5. The number of carbonyl (C=O) groups excluding carboxylic acids is 1. The Balaban J connectivity index is 2.67. The van der Waals surface area contributed by atoms with Gasteiger partial charge in [-0.15, -0.1) is 0 Å². The maximum absolute atomic E-state index is 11.7. The molecule has 5 heteroatoms. The lowest BCUT2D eigenvalue weighted by molar-refractivity contribution is 0.156. The van der Waals surface area contributed by atoms with Crippen LogP contribution in [0.4, 0.5) is 4.79 Å². The van der Waals surface area contributed by atoms with E-state index in [0.717, 1.165) is 12.2 Å². The third kappa shape index (κ3) is 4.41. The molecule has 102 valence electrons. The zero-order valence-corrected chi connectivity index (χ0v) is 11.4. The molecule has 1 unspecified atom stereocenters. The summed E-state index contributed by atoms with van der Waals surface area (Å²) in [7, 11) is 1.60. The highest BCUT2D eigenvalue weighted by Gasteiger charge is 2.18. The molecule has 0 radical (unpaired) electrons. The number of aryl methyl sites for hydroxylation is 1. The largest absolute Gasteiger partial charge is 0.464 e. The Morgan fingerprint density at radius 2 is 2.11 bits per heavy atom. The molecule has 1 heterocycles. The van der Waals surface area contributed by atoms with E-state index in [1.54, 1.807) is 7.11 Å². The van der Waals surface area contributed by atoms with Gasteiger partial charge in [-0.3, -0.25) is 0 Å². The predicted octanol–water partition coefficient (Wildman–Crippen LogP) is 2.24. The van der Waals surface area contributed by atoms with Crippen LogP contribution in [0, 0.1) is 0 Å². The van der Waals surface area contributed by atoms with Crippen LogP contribution in [0.25, 0.3) is 0 Å². The molecule has 18 heavy (non-hydrogen) atoms. The van der Waals surface area contributed by atoms with Crippen molar-refractivity contribution in [1.29, 1.82) is 0 Å². The summed E-state index contributed by atoms with van der Waals surface area (Å²) in [6, 6.07) is 3.39.